The van der Waals surface area contributed by atoms with Crippen LogP contribution in [-0.4, -0.2) is 42.2 Å². The second kappa shape index (κ2) is 6.75. The molecule has 0 bridgehead atoms. The molecule has 1 amide bonds. The molecule has 1 aliphatic rings. The first-order valence-corrected chi connectivity index (χ1v) is 7.19. The summed E-state index contributed by atoms with van der Waals surface area (Å²) < 4.78 is 5.11. The Hall–Kier alpha value is -1.55. The fraction of sp³-hybridized carbons (Fsp3) is 0.562. The molecule has 20 heavy (non-hydrogen) atoms. The molecule has 1 aliphatic heterocycles. The summed E-state index contributed by atoms with van der Waals surface area (Å²) in [5.74, 6) is 1.25. The number of piperidine rings is 1. The number of carbonyl (C=O) groups is 1. The summed E-state index contributed by atoms with van der Waals surface area (Å²) in [6, 6.07) is 7.79. The molecule has 1 aromatic rings. The molecule has 1 heterocycles. The minimum absolute atomic E-state index is 0.131. The second-order valence-corrected chi connectivity index (χ2v) is 5.52. The molecule has 1 aromatic carbocycles. The molecule has 0 aliphatic carbocycles. The van der Waals surface area contributed by atoms with Crippen molar-refractivity contribution in [1.82, 2.24) is 4.90 Å². The molecule has 1 fully saturated rings. The Labute approximate surface area is 120 Å². The highest BCUT2D eigenvalue weighted by Gasteiger charge is 2.26. The Morgan fingerprint density at radius 3 is 2.70 bits per heavy atom. The van der Waals surface area contributed by atoms with E-state index in [4.69, 9.17) is 4.74 Å². The van der Waals surface area contributed by atoms with E-state index in [1.165, 1.54) is 0 Å². The fourth-order valence-electron chi connectivity index (χ4n) is 2.48. The van der Waals surface area contributed by atoms with Gasteiger partial charge in [0.15, 0.2) is 0 Å². The maximum absolute atomic E-state index is 12.1. The van der Waals surface area contributed by atoms with Crippen LogP contribution in [0.5, 0.6) is 5.75 Å². The number of ether oxygens (including phenoxy) is 1. The van der Waals surface area contributed by atoms with E-state index in [9.17, 15) is 9.90 Å². The molecule has 2 rings (SSSR count). The summed E-state index contributed by atoms with van der Waals surface area (Å²) in [6.45, 7) is 3.27. The zero-order valence-electron chi connectivity index (χ0n) is 12.2. The van der Waals surface area contributed by atoms with Crippen molar-refractivity contribution in [1.29, 1.82) is 0 Å². The molecule has 2 unspecified atom stereocenters. The van der Waals surface area contributed by atoms with Crippen LogP contribution in [0.15, 0.2) is 24.3 Å². The number of carbonyl (C=O) groups excluding carboxylic acids is 1. The SMILES string of the molecule is COc1ccc(CCC(=O)N2CCC(C)C(O)C2)cc1. The van der Waals surface area contributed by atoms with Gasteiger partial charge in [0.05, 0.1) is 13.2 Å². The maximum Gasteiger partial charge on any atom is 0.222 e. The summed E-state index contributed by atoms with van der Waals surface area (Å²) in [5.41, 5.74) is 1.13. The number of hydrogen-bond donors (Lipinski definition) is 1. The summed E-state index contributed by atoms with van der Waals surface area (Å²) in [6.07, 6.45) is 1.72. The number of hydrogen-bond acceptors (Lipinski definition) is 3. The lowest BCUT2D eigenvalue weighted by atomic mass is 9.95. The number of rotatable bonds is 4. The maximum atomic E-state index is 12.1. The Morgan fingerprint density at radius 1 is 1.40 bits per heavy atom. The predicted molar refractivity (Wildman–Crippen MR) is 77.7 cm³/mol. The number of β-amino-alcohol motifs (C(OH)–C–C–N with tert-alkyl or cyclic N) is 1. The first kappa shape index (κ1) is 14.9. The zero-order valence-corrected chi connectivity index (χ0v) is 12.2. The van der Waals surface area contributed by atoms with Crippen molar-refractivity contribution in [2.24, 2.45) is 5.92 Å². The molecule has 0 spiro atoms. The Kier molecular flexibility index (Phi) is 5.01. The largest absolute Gasteiger partial charge is 0.497 e. The molecule has 4 nitrogen and oxygen atoms in total. The molecule has 1 N–H and O–H groups in total. The number of methoxy groups -OCH3 is 1. The Balaban J connectivity index is 1.82. The van der Waals surface area contributed by atoms with Crippen LogP contribution in [0.4, 0.5) is 0 Å². The topological polar surface area (TPSA) is 49.8 Å². The lowest BCUT2D eigenvalue weighted by molar-refractivity contribution is -0.135. The normalized spacial score (nSPS) is 22.6. The lowest BCUT2D eigenvalue weighted by Gasteiger charge is -2.34. The fourth-order valence-corrected chi connectivity index (χ4v) is 2.48. The number of aliphatic hydroxyl groups excluding tert-OH is 1. The molecule has 110 valence electrons. The van der Waals surface area contributed by atoms with Gasteiger partial charge in [-0.25, -0.2) is 0 Å². The molecule has 1 saturated heterocycles. The number of amides is 1. The smallest absolute Gasteiger partial charge is 0.222 e. The summed E-state index contributed by atoms with van der Waals surface area (Å²) in [5, 5.41) is 9.83. The van der Waals surface area contributed by atoms with Crippen LogP contribution in [0.25, 0.3) is 0 Å². The van der Waals surface area contributed by atoms with Gasteiger partial charge < -0.3 is 14.7 Å². The van der Waals surface area contributed by atoms with Gasteiger partial charge in [-0.3, -0.25) is 4.79 Å². The van der Waals surface area contributed by atoms with E-state index in [0.29, 0.717) is 18.9 Å². The average molecular weight is 277 g/mol. The van der Waals surface area contributed by atoms with Gasteiger partial charge in [-0.05, 0) is 36.5 Å². The van der Waals surface area contributed by atoms with E-state index < -0.39 is 0 Å². The van der Waals surface area contributed by atoms with Crippen LogP contribution in [0, 0.1) is 5.92 Å². The molecule has 0 saturated carbocycles. The van der Waals surface area contributed by atoms with Gasteiger partial charge in [0, 0.05) is 19.5 Å². The number of aliphatic hydroxyl groups is 1. The standard InChI is InChI=1S/C16H23NO3/c1-12-9-10-17(11-15(12)18)16(19)8-5-13-3-6-14(20-2)7-4-13/h3-4,6-7,12,15,18H,5,8-11H2,1-2H3. The summed E-state index contributed by atoms with van der Waals surface area (Å²) in [7, 11) is 1.64. The van der Waals surface area contributed by atoms with Crippen molar-refractivity contribution in [3.05, 3.63) is 29.8 Å². The van der Waals surface area contributed by atoms with E-state index in [2.05, 4.69) is 0 Å². The second-order valence-electron chi connectivity index (χ2n) is 5.52. The first-order chi connectivity index (χ1) is 9.60. The van der Waals surface area contributed by atoms with E-state index in [0.717, 1.165) is 30.7 Å². The van der Waals surface area contributed by atoms with Gasteiger partial charge in [-0.15, -0.1) is 0 Å². The molecule has 0 radical (unpaired) electrons. The van der Waals surface area contributed by atoms with Gasteiger partial charge in [0.25, 0.3) is 0 Å². The van der Waals surface area contributed by atoms with Crippen molar-refractivity contribution in [2.75, 3.05) is 20.2 Å². The lowest BCUT2D eigenvalue weighted by Crippen LogP contribution is -2.45. The van der Waals surface area contributed by atoms with E-state index >= 15 is 0 Å². The minimum Gasteiger partial charge on any atom is -0.497 e. The van der Waals surface area contributed by atoms with E-state index in [1.807, 2.05) is 31.2 Å². The van der Waals surface area contributed by atoms with Crippen LogP contribution < -0.4 is 4.74 Å². The zero-order chi connectivity index (χ0) is 14.5. The van der Waals surface area contributed by atoms with Gasteiger partial charge in [-0.1, -0.05) is 19.1 Å². The van der Waals surface area contributed by atoms with Crippen molar-refractivity contribution in [3.63, 3.8) is 0 Å². The third kappa shape index (κ3) is 3.73. The van der Waals surface area contributed by atoms with Crippen LogP contribution in [0.1, 0.15) is 25.3 Å². The Morgan fingerprint density at radius 2 is 2.10 bits per heavy atom. The molecular weight excluding hydrogens is 254 g/mol. The van der Waals surface area contributed by atoms with Gasteiger partial charge in [0.1, 0.15) is 5.75 Å². The highest BCUT2D eigenvalue weighted by molar-refractivity contribution is 5.76. The number of aryl methyl sites for hydroxylation is 1. The Bertz CT molecular complexity index is 444. The molecule has 2 atom stereocenters. The van der Waals surface area contributed by atoms with Gasteiger partial charge in [-0.2, -0.15) is 0 Å². The third-order valence-electron chi connectivity index (χ3n) is 4.06. The molecular formula is C16H23NO3. The average Bonchev–Trinajstić information content (AvgIpc) is 2.48. The van der Waals surface area contributed by atoms with Crippen LogP contribution >= 0.6 is 0 Å². The van der Waals surface area contributed by atoms with Crippen LogP contribution in [0.3, 0.4) is 0 Å². The quantitative estimate of drug-likeness (QED) is 0.914. The number of nitrogens with zero attached hydrogens (tertiary/aromatic N) is 1. The van der Waals surface area contributed by atoms with E-state index in [-0.39, 0.29) is 12.0 Å². The minimum atomic E-state index is -0.381. The van der Waals surface area contributed by atoms with Gasteiger partial charge in [0.2, 0.25) is 5.91 Å². The monoisotopic (exact) mass is 277 g/mol. The third-order valence-corrected chi connectivity index (χ3v) is 4.06. The predicted octanol–water partition coefficient (Wildman–Crippen LogP) is 1.86. The van der Waals surface area contributed by atoms with Gasteiger partial charge >= 0.3 is 0 Å². The van der Waals surface area contributed by atoms with Crippen LogP contribution in [0.2, 0.25) is 0 Å². The molecule has 4 heteroatoms. The number of benzene rings is 1. The van der Waals surface area contributed by atoms with E-state index in [1.54, 1.807) is 12.0 Å². The highest BCUT2D eigenvalue weighted by Crippen LogP contribution is 2.18. The van der Waals surface area contributed by atoms with Crippen molar-refractivity contribution < 1.29 is 14.6 Å². The van der Waals surface area contributed by atoms with Crippen LogP contribution in [-0.2, 0) is 11.2 Å². The number of likely N-dealkylation sites (tertiary alicyclic amines) is 1. The van der Waals surface area contributed by atoms with Crippen molar-refractivity contribution in [3.8, 4) is 5.75 Å². The first-order valence-electron chi connectivity index (χ1n) is 7.19. The summed E-state index contributed by atoms with van der Waals surface area (Å²) in [4.78, 5) is 13.9. The highest BCUT2D eigenvalue weighted by atomic mass is 16.5. The van der Waals surface area contributed by atoms with Crippen molar-refractivity contribution in [2.45, 2.75) is 32.3 Å². The van der Waals surface area contributed by atoms with Crippen molar-refractivity contribution >= 4 is 5.91 Å². The summed E-state index contributed by atoms with van der Waals surface area (Å²) >= 11 is 0. The molecule has 0 aromatic heterocycles.